The van der Waals surface area contributed by atoms with Gasteiger partial charge in [0.25, 0.3) is 0 Å². The summed E-state index contributed by atoms with van der Waals surface area (Å²) in [7, 11) is 0. The molecule has 0 aromatic heterocycles. The molecule has 0 saturated carbocycles. The summed E-state index contributed by atoms with van der Waals surface area (Å²) in [6.45, 7) is 1.30. The zero-order valence-electron chi connectivity index (χ0n) is 10.5. The molecule has 1 rings (SSSR count). The van der Waals surface area contributed by atoms with Crippen LogP contribution in [-0.2, 0) is 9.53 Å². The molecule has 0 aliphatic heterocycles. The Kier molecular flexibility index (Phi) is 7.57. The van der Waals surface area contributed by atoms with Crippen molar-refractivity contribution in [3.63, 3.8) is 0 Å². The van der Waals surface area contributed by atoms with Gasteiger partial charge in [-0.3, -0.25) is 4.79 Å². The van der Waals surface area contributed by atoms with Gasteiger partial charge in [0.05, 0.1) is 6.61 Å². The lowest BCUT2D eigenvalue weighted by Crippen LogP contribution is -1.97. The molecule has 18 heavy (non-hydrogen) atoms. The summed E-state index contributed by atoms with van der Waals surface area (Å²) in [5.41, 5.74) is 1.17. The molecule has 0 unspecified atom stereocenters. The summed E-state index contributed by atoms with van der Waals surface area (Å²) >= 11 is 0. The summed E-state index contributed by atoms with van der Waals surface area (Å²) in [5, 5.41) is 8.45. The smallest absolute Gasteiger partial charge is 0.303 e. The molecule has 0 fully saturated rings. The van der Waals surface area contributed by atoms with Gasteiger partial charge >= 0.3 is 5.97 Å². The van der Waals surface area contributed by atoms with Crippen molar-refractivity contribution in [3.05, 3.63) is 42.0 Å². The average molecular weight is 248 g/mol. The number of aliphatic carboxylic acids is 1. The first kappa shape index (κ1) is 14.5. The molecule has 0 saturated heterocycles. The van der Waals surface area contributed by atoms with Gasteiger partial charge in [-0.15, -0.1) is 0 Å². The van der Waals surface area contributed by atoms with Crippen LogP contribution in [0.4, 0.5) is 0 Å². The second kappa shape index (κ2) is 9.42. The zero-order valence-corrected chi connectivity index (χ0v) is 10.5. The van der Waals surface area contributed by atoms with Gasteiger partial charge in [-0.1, -0.05) is 48.9 Å². The summed E-state index contributed by atoms with van der Waals surface area (Å²) in [6, 6.07) is 10.1. The second-order valence-electron chi connectivity index (χ2n) is 4.09. The molecule has 0 aliphatic carbocycles. The van der Waals surface area contributed by atoms with E-state index in [4.69, 9.17) is 9.84 Å². The van der Waals surface area contributed by atoms with Crippen LogP contribution in [0, 0.1) is 0 Å². The Morgan fingerprint density at radius 1 is 1.17 bits per heavy atom. The lowest BCUT2D eigenvalue weighted by atomic mass is 10.2. The predicted octanol–water partition coefficient (Wildman–Crippen LogP) is 3.36. The van der Waals surface area contributed by atoms with Gasteiger partial charge in [0, 0.05) is 13.0 Å². The number of rotatable bonds is 9. The third-order valence-corrected chi connectivity index (χ3v) is 2.50. The van der Waals surface area contributed by atoms with Crippen molar-refractivity contribution in [1.82, 2.24) is 0 Å². The van der Waals surface area contributed by atoms with E-state index in [1.165, 1.54) is 5.56 Å². The average Bonchev–Trinajstić information content (AvgIpc) is 2.37. The van der Waals surface area contributed by atoms with Crippen molar-refractivity contribution in [3.8, 4) is 0 Å². The van der Waals surface area contributed by atoms with Crippen molar-refractivity contribution >= 4 is 12.0 Å². The van der Waals surface area contributed by atoms with Crippen molar-refractivity contribution in [1.29, 1.82) is 0 Å². The largest absolute Gasteiger partial charge is 0.481 e. The van der Waals surface area contributed by atoms with Gasteiger partial charge in [-0.2, -0.15) is 0 Å². The maximum Gasteiger partial charge on any atom is 0.303 e. The molecule has 1 aromatic carbocycles. The minimum atomic E-state index is -0.721. The number of hydrogen-bond donors (Lipinski definition) is 1. The van der Waals surface area contributed by atoms with E-state index in [1.807, 2.05) is 42.5 Å². The van der Waals surface area contributed by atoms with Gasteiger partial charge < -0.3 is 9.84 Å². The molecule has 98 valence electrons. The zero-order chi connectivity index (χ0) is 13.1. The fourth-order valence-electron chi connectivity index (χ4n) is 1.56. The van der Waals surface area contributed by atoms with Crippen molar-refractivity contribution in [2.24, 2.45) is 0 Å². The number of carboxylic acids is 1. The summed E-state index contributed by atoms with van der Waals surface area (Å²) in [4.78, 5) is 10.3. The first-order chi connectivity index (χ1) is 8.79. The molecule has 0 spiro atoms. The van der Waals surface area contributed by atoms with Crippen LogP contribution in [0.25, 0.3) is 6.08 Å². The molecule has 0 radical (unpaired) electrons. The van der Waals surface area contributed by atoms with E-state index in [0.717, 1.165) is 19.3 Å². The Morgan fingerprint density at radius 3 is 2.67 bits per heavy atom. The van der Waals surface area contributed by atoms with E-state index >= 15 is 0 Å². The van der Waals surface area contributed by atoms with Crippen LogP contribution in [0.3, 0.4) is 0 Å². The molecule has 3 nitrogen and oxygen atoms in total. The first-order valence-corrected chi connectivity index (χ1v) is 6.30. The highest BCUT2D eigenvalue weighted by Gasteiger charge is 1.95. The van der Waals surface area contributed by atoms with Crippen molar-refractivity contribution in [2.75, 3.05) is 13.2 Å². The Hall–Kier alpha value is -1.61. The summed E-state index contributed by atoms with van der Waals surface area (Å²) < 4.78 is 5.43. The molecular weight excluding hydrogens is 228 g/mol. The number of benzene rings is 1. The van der Waals surface area contributed by atoms with Crippen LogP contribution in [0.2, 0.25) is 0 Å². The van der Waals surface area contributed by atoms with E-state index in [1.54, 1.807) is 0 Å². The lowest BCUT2D eigenvalue weighted by molar-refractivity contribution is -0.137. The number of hydrogen-bond acceptors (Lipinski definition) is 2. The molecule has 0 bridgehead atoms. The SMILES string of the molecule is O=C(O)CCCCCOCC=Cc1ccccc1. The summed E-state index contributed by atoms with van der Waals surface area (Å²) in [6.07, 6.45) is 6.85. The van der Waals surface area contributed by atoms with Crippen LogP contribution >= 0.6 is 0 Å². The van der Waals surface area contributed by atoms with E-state index in [-0.39, 0.29) is 6.42 Å². The first-order valence-electron chi connectivity index (χ1n) is 6.30. The van der Waals surface area contributed by atoms with Gasteiger partial charge in [0.1, 0.15) is 0 Å². The second-order valence-corrected chi connectivity index (χ2v) is 4.09. The maximum atomic E-state index is 10.3. The third-order valence-electron chi connectivity index (χ3n) is 2.50. The van der Waals surface area contributed by atoms with E-state index in [0.29, 0.717) is 13.2 Å². The number of unbranched alkanes of at least 4 members (excludes halogenated alkanes) is 2. The van der Waals surface area contributed by atoms with Gasteiger partial charge in [-0.05, 0) is 18.4 Å². The Morgan fingerprint density at radius 2 is 1.94 bits per heavy atom. The van der Waals surface area contributed by atoms with Crippen LogP contribution in [0.15, 0.2) is 36.4 Å². The Bertz CT molecular complexity index is 357. The highest BCUT2D eigenvalue weighted by Crippen LogP contribution is 2.02. The van der Waals surface area contributed by atoms with Crippen LogP contribution in [-0.4, -0.2) is 24.3 Å². The Labute approximate surface area is 108 Å². The highest BCUT2D eigenvalue weighted by atomic mass is 16.5. The van der Waals surface area contributed by atoms with E-state index < -0.39 is 5.97 Å². The minimum absolute atomic E-state index is 0.258. The maximum absolute atomic E-state index is 10.3. The molecule has 0 heterocycles. The normalized spacial score (nSPS) is 10.9. The topological polar surface area (TPSA) is 46.5 Å². The standard InChI is InChI=1S/C15H20O3/c16-15(17)11-5-2-6-12-18-13-7-10-14-8-3-1-4-9-14/h1,3-4,7-10H,2,5-6,11-13H2,(H,16,17). The molecular formula is C15H20O3. The highest BCUT2D eigenvalue weighted by molar-refractivity contribution is 5.66. The van der Waals surface area contributed by atoms with Crippen LogP contribution in [0.5, 0.6) is 0 Å². The minimum Gasteiger partial charge on any atom is -0.481 e. The van der Waals surface area contributed by atoms with E-state index in [2.05, 4.69) is 0 Å². The Balaban J connectivity index is 1.96. The molecule has 1 aromatic rings. The summed E-state index contributed by atoms with van der Waals surface area (Å²) in [5.74, 6) is -0.721. The molecule has 0 amide bonds. The molecule has 0 atom stereocenters. The van der Waals surface area contributed by atoms with Crippen LogP contribution < -0.4 is 0 Å². The van der Waals surface area contributed by atoms with Gasteiger partial charge in [0.2, 0.25) is 0 Å². The van der Waals surface area contributed by atoms with Crippen molar-refractivity contribution < 1.29 is 14.6 Å². The molecule has 0 aliphatic rings. The quantitative estimate of drug-likeness (QED) is 0.682. The molecule has 1 N–H and O–H groups in total. The monoisotopic (exact) mass is 248 g/mol. The predicted molar refractivity (Wildman–Crippen MR) is 72.4 cm³/mol. The van der Waals surface area contributed by atoms with Gasteiger partial charge in [-0.25, -0.2) is 0 Å². The van der Waals surface area contributed by atoms with E-state index in [9.17, 15) is 4.79 Å². The number of ether oxygens (including phenoxy) is 1. The van der Waals surface area contributed by atoms with Gasteiger partial charge in [0.15, 0.2) is 0 Å². The number of carboxylic acid groups (broad SMARTS) is 1. The fraction of sp³-hybridized carbons (Fsp3) is 0.400. The molecule has 3 heteroatoms. The number of carbonyl (C=O) groups is 1. The fourth-order valence-corrected chi connectivity index (χ4v) is 1.56. The van der Waals surface area contributed by atoms with Crippen LogP contribution in [0.1, 0.15) is 31.2 Å². The lowest BCUT2D eigenvalue weighted by Gasteiger charge is -2.00. The van der Waals surface area contributed by atoms with Crippen molar-refractivity contribution in [2.45, 2.75) is 25.7 Å². The third kappa shape index (κ3) is 7.63.